The highest BCUT2D eigenvalue weighted by atomic mass is 32.2. The van der Waals surface area contributed by atoms with E-state index < -0.39 is 0 Å². The first-order valence-electron chi connectivity index (χ1n) is 10.5. The summed E-state index contributed by atoms with van der Waals surface area (Å²) in [5, 5.41) is 5.56. The zero-order valence-corrected chi connectivity index (χ0v) is 20.2. The van der Waals surface area contributed by atoms with E-state index in [0.717, 1.165) is 21.7 Å². The molecule has 0 fully saturated rings. The maximum absolute atomic E-state index is 12.9. The van der Waals surface area contributed by atoms with Gasteiger partial charge in [0.15, 0.2) is 0 Å². The van der Waals surface area contributed by atoms with Crippen molar-refractivity contribution in [1.82, 2.24) is 0 Å². The molecule has 1 unspecified atom stereocenters. The van der Waals surface area contributed by atoms with Crippen molar-refractivity contribution in [2.24, 2.45) is 0 Å². The van der Waals surface area contributed by atoms with Gasteiger partial charge in [0.25, 0.3) is 5.91 Å². The molecule has 6 nitrogen and oxygen atoms in total. The first-order chi connectivity index (χ1) is 15.8. The fourth-order valence-corrected chi connectivity index (χ4v) is 4.29. The average molecular weight is 465 g/mol. The van der Waals surface area contributed by atoms with Crippen molar-refractivity contribution in [1.29, 1.82) is 0 Å². The monoisotopic (exact) mass is 464 g/mol. The van der Waals surface area contributed by atoms with Crippen LogP contribution in [0.3, 0.4) is 0 Å². The highest BCUT2D eigenvalue weighted by Crippen LogP contribution is 2.31. The second-order valence-corrected chi connectivity index (χ2v) is 9.00. The van der Waals surface area contributed by atoms with Crippen LogP contribution in [-0.2, 0) is 4.79 Å². The Labute approximate surface area is 198 Å². The van der Waals surface area contributed by atoms with Crippen molar-refractivity contribution < 1.29 is 19.1 Å². The van der Waals surface area contributed by atoms with Crippen LogP contribution in [-0.4, -0.2) is 31.3 Å². The van der Waals surface area contributed by atoms with Gasteiger partial charge in [-0.3, -0.25) is 9.59 Å². The van der Waals surface area contributed by atoms with Crippen molar-refractivity contribution >= 4 is 35.0 Å². The van der Waals surface area contributed by atoms with E-state index in [1.54, 1.807) is 24.3 Å². The minimum atomic E-state index is -0.341. The largest absolute Gasteiger partial charge is 0.496 e. The molecule has 172 valence electrons. The van der Waals surface area contributed by atoms with E-state index in [1.807, 2.05) is 57.2 Å². The van der Waals surface area contributed by atoms with E-state index in [4.69, 9.17) is 9.47 Å². The number of rotatable bonds is 8. The Bertz CT molecular complexity index is 1140. The first-order valence-corrected chi connectivity index (χ1v) is 11.4. The number of amides is 2. The van der Waals surface area contributed by atoms with E-state index in [1.165, 1.54) is 26.0 Å². The summed E-state index contributed by atoms with van der Waals surface area (Å²) in [6.45, 7) is 5.85. The Hall–Kier alpha value is -3.45. The van der Waals surface area contributed by atoms with Crippen molar-refractivity contribution in [2.75, 3.05) is 24.9 Å². The van der Waals surface area contributed by atoms with Gasteiger partial charge in [0, 0.05) is 16.3 Å². The molecule has 0 bridgehead atoms. The number of methoxy groups -OCH3 is 2. The van der Waals surface area contributed by atoms with E-state index in [0.29, 0.717) is 22.7 Å². The molecule has 0 aliphatic heterocycles. The molecule has 2 N–H and O–H groups in total. The van der Waals surface area contributed by atoms with Crippen LogP contribution in [0, 0.1) is 13.8 Å². The Morgan fingerprint density at radius 1 is 0.879 bits per heavy atom. The highest BCUT2D eigenvalue weighted by molar-refractivity contribution is 8.00. The molecule has 0 aliphatic rings. The summed E-state index contributed by atoms with van der Waals surface area (Å²) in [6.07, 6.45) is 0. The van der Waals surface area contributed by atoms with Crippen LogP contribution < -0.4 is 20.1 Å². The molecule has 0 radical (unpaired) electrons. The number of carbonyl (C=O) groups is 2. The maximum atomic E-state index is 12.9. The lowest BCUT2D eigenvalue weighted by Gasteiger charge is -2.15. The maximum Gasteiger partial charge on any atom is 0.263 e. The summed E-state index contributed by atoms with van der Waals surface area (Å²) in [5.74, 6) is 0.426. The molecule has 3 aromatic rings. The number of aryl methyl sites for hydroxylation is 2. The Kier molecular flexibility index (Phi) is 8.01. The lowest BCUT2D eigenvalue weighted by atomic mass is 10.1. The van der Waals surface area contributed by atoms with Gasteiger partial charge < -0.3 is 20.1 Å². The lowest BCUT2D eigenvalue weighted by molar-refractivity contribution is -0.115. The molecule has 3 rings (SSSR count). The summed E-state index contributed by atoms with van der Waals surface area (Å²) >= 11 is 1.42. The molecular weight excluding hydrogens is 436 g/mol. The number of hydrogen-bond donors (Lipinski definition) is 2. The minimum Gasteiger partial charge on any atom is -0.496 e. The number of anilines is 2. The van der Waals surface area contributed by atoms with Crippen molar-refractivity contribution in [3.8, 4) is 11.5 Å². The van der Waals surface area contributed by atoms with Crippen LogP contribution in [0.5, 0.6) is 11.5 Å². The molecule has 0 aliphatic carbocycles. The smallest absolute Gasteiger partial charge is 0.263 e. The molecule has 33 heavy (non-hydrogen) atoms. The summed E-state index contributed by atoms with van der Waals surface area (Å²) in [7, 11) is 3.01. The van der Waals surface area contributed by atoms with Gasteiger partial charge in [0.05, 0.1) is 19.5 Å². The standard InChI is InChI=1S/C26H28N2O4S/c1-16-12-13-21(17(2)14-16)28-25(29)18(3)33-20-9-6-8-19(15-20)27-26(30)24-22(31-4)10-7-11-23(24)32-5/h6-15,18H,1-5H3,(H,27,30)(H,28,29). The number of thioether (sulfide) groups is 1. The molecule has 0 spiro atoms. The van der Waals surface area contributed by atoms with Gasteiger partial charge in [0.1, 0.15) is 17.1 Å². The zero-order chi connectivity index (χ0) is 24.0. The molecule has 0 heterocycles. The van der Waals surface area contributed by atoms with E-state index >= 15 is 0 Å². The molecule has 1 atom stereocenters. The van der Waals surface area contributed by atoms with Gasteiger partial charge in [-0.1, -0.05) is 29.8 Å². The van der Waals surface area contributed by atoms with Gasteiger partial charge in [-0.15, -0.1) is 11.8 Å². The Morgan fingerprint density at radius 2 is 1.55 bits per heavy atom. The van der Waals surface area contributed by atoms with Crippen LogP contribution in [0.4, 0.5) is 11.4 Å². The van der Waals surface area contributed by atoms with Crippen LogP contribution in [0.15, 0.2) is 65.6 Å². The van der Waals surface area contributed by atoms with Crippen molar-refractivity contribution in [3.63, 3.8) is 0 Å². The second-order valence-electron chi connectivity index (χ2n) is 7.59. The summed E-state index contributed by atoms with van der Waals surface area (Å²) < 4.78 is 10.6. The first kappa shape index (κ1) is 24.2. The lowest BCUT2D eigenvalue weighted by Crippen LogP contribution is -2.22. The van der Waals surface area contributed by atoms with Crippen LogP contribution >= 0.6 is 11.8 Å². The van der Waals surface area contributed by atoms with E-state index in [2.05, 4.69) is 10.6 Å². The quantitative estimate of drug-likeness (QED) is 0.419. The van der Waals surface area contributed by atoms with Gasteiger partial charge in [-0.2, -0.15) is 0 Å². The summed E-state index contributed by atoms with van der Waals surface area (Å²) in [5.41, 5.74) is 3.92. The number of nitrogens with one attached hydrogen (secondary N) is 2. The van der Waals surface area contributed by atoms with Crippen LogP contribution in [0.2, 0.25) is 0 Å². The number of ether oxygens (including phenoxy) is 2. The molecule has 0 saturated heterocycles. The summed E-state index contributed by atoms with van der Waals surface area (Å²) in [6, 6.07) is 18.5. The van der Waals surface area contributed by atoms with Gasteiger partial charge in [0.2, 0.25) is 5.91 Å². The predicted octanol–water partition coefficient (Wildman–Crippen LogP) is 5.69. The van der Waals surface area contributed by atoms with Gasteiger partial charge in [-0.05, 0) is 62.7 Å². The third kappa shape index (κ3) is 6.08. The normalized spacial score (nSPS) is 11.4. The SMILES string of the molecule is COc1cccc(OC)c1C(=O)Nc1cccc(SC(C)C(=O)Nc2ccc(C)cc2C)c1. The van der Waals surface area contributed by atoms with Crippen molar-refractivity contribution in [3.05, 3.63) is 77.4 Å². The fraction of sp³-hybridized carbons (Fsp3) is 0.231. The molecule has 0 aromatic heterocycles. The molecule has 7 heteroatoms. The summed E-state index contributed by atoms with van der Waals surface area (Å²) in [4.78, 5) is 26.5. The van der Waals surface area contributed by atoms with E-state index in [-0.39, 0.29) is 17.1 Å². The van der Waals surface area contributed by atoms with Crippen LogP contribution in [0.25, 0.3) is 0 Å². The van der Waals surface area contributed by atoms with Gasteiger partial charge >= 0.3 is 0 Å². The third-order valence-electron chi connectivity index (χ3n) is 5.07. The topological polar surface area (TPSA) is 76.7 Å². The number of carbonyl (C=O) groups excluding carboxylic acids is 2. The number of benzene rings is 3. The molecule has 3 aromatic carbocycles. The second kappa shape index (κ2) is 10.9. The van der Waals surface area contributed by atoms with E-state index in [9.17, 15) is 9.59 Å². The zero-order valence-electron chi connectivity index (χ0n) is 19.4. The Balaban J connectivity index is 1.70. The Morgan fingerprint density at radius 3 is 2.18 bits per heavy atom. The highest BCUT2D eigenvalue weighted by Gasteiger charge is 2.19. The van der Waals surface area contributed by atoms with Crippen molar-refractivity contribution in [2.45, 2.75) is 30.9 Å². The number of hydrogen-bond acceptors (Lipinski definition) is 5. The minimum absolute atomic E-state index is 0.0832. The molecule has 2 amide bonds. The third-order valence-corrected chi connectivity index (χ3v) is 6.16. The fourth-order valence-electron chi connectivity index (χ4n) is 3.36. The average Bonchev–Trinajstić information content (AvgIpc) is 2.80. The predicted molar refractivity (Wildman–Crippen MR) is 134 cm³/mol. The molecular formula is C26H28N2O4S. The van der Waals surface area contributed by atoms with Crippen LogP contribution in [0.1, 0.15) is 28.4 Å². The molecule has 0 saturated carbocycles. The van der Waals surface area contributed by atoms with Gasteiger partial charge in [-0.25, -0.2) is 0 Å².